The number of aromatic nitrogens is 3. The molecule has 0 unspecified atom stereocenters. The van der Waals surface area contributed by atoms with Crippen LogP contribution >= 0.6 is 0 Å². The van der Waals surface area contributed by atoms with E-state index in [1.54, 1.807) is 30.5 Å². The summed E-state index contributed by atoms with van der Waals surface area (Å²) in [6.45, 7) is 0.694. The third-order valence-corrected chi connectivity index (χ3v) is 5.18. The minimum Gasteiger partial charge on any atom is -0.389 e. The molecule has 1 atom stereocenters. The summed E-state index contributed by atoms with van der Waals surface area (Å²) < 4.78 is 0. The predicted molar refractivity (Wildman–Crippen MR) is 118 cm³/mol. The van der Waals surface area contributed by atoms with Crippen molar-refractivity contribution in [2.24, 2.45) is 0 Å². The van der Waals surface area contributed by atoms with Gasteiger partial charge in [-0.05, 0) is 49.4 Å². The minimum absolute atomic E-state index is 0.0500. The van der Waals surface area contributed by atoms with E-state index in [1.165, 1.54) is 6.92 Å². The van der Waals surface area contributed by atoms with Crippen molar-refractivity contribution in [3.63, 3.8) is 0 Å². The average Bonchev–Trinajstić information content (AvgIpc) is 3.17. The molecule has 0 aliphatic carbocycles. The summed E-state index contributed by atoms with van der Waals surface area (Å²) in [6, 6.07) is 5.95. The second-order valence-corrected chi connectivity index (χ2v) is 7.58. The quantitative estimate of drug-likeness (QED) is 0.308. The lowest BCUT2D eigenvalue weighted by molar-refractivity contribution is -0.124. The number of anilines is 1. The number of aliphatic hydroxyl groups is 1. The zero-order valence-electron chi connectivity index (χ0n) is 17.6. The smallest absolute Gasteiger partial charge is 0.262 e. The summed E-state index contributed by atoms with van der Waals surface area (Å²) >= 11 is 0. The second-order valence-electron chi connectivity index (χ2n) is 7.58. The van der Waals surface area contributed by atoms with Crippen LogP contribution in [0.15, 0.2) is 35.3 Å². The molecule has 10 nitrogen and oxygen atoms in total. The molecular weight excluding hydrogens is 414 g/mol. The number of aryl methyl sites for hydroxylation is 2. The van der Waals surface area contributed by atoms with E-state index in [1.807, 2.05) is 0 Å². The van der Waals surface area contributed by atoms with Crippen molar-refractivity contribution in [1.82, 2.24) is 20.3 Å². The zero-order chi connectivity index (χ0) is 23.3. The first kappa shape index (κ1) is 22.9. The number of Topliss-reactive ketones (excluding diaryl/α,β-unsaturated/α-hetero) is 2. The van der Waals surface area contributed by atoms with Gasteiger partial charge in [-0.25, -0.2) is 0 Å². The Kier molecular flexibility index (Phi) is 7.16. The number of benzene rings is 1. The van der Waals surface area contributed by atoms with E-state index in [9.17, 15) is 19.2 Å². The van der Waals surface area contributed by atoms with Crippen molar-refractivity contribution in [1.29, 1.82) is 0 Å². The van der Waals surface area contributed by atoms with Gasteiger partial charge in [0.15, 0.2) is 5.78 Å². The molecule has 0 saturated heterocycles. The molecule has 6 N–H and O–H groups in total. The molecule has 1 amide bonds. The Morgan fingerprint density at radius 3 is 2.56 bits per heavy atom. The van der Waals surface area contributed by atoms with E-state index in [0.717, 1.165) is 11.1 Å². The molecule has 2 heterocycles. The highest BCUT2D eigenvalue weighted by atomic mass is 16.3. The summed E-state index contributed by atoms with van der Waals surface area (Å²) in [5, 5.41) is 12.2. The molecular formula is C22H25N5O5. The Morgan fingerprint density at radius 2 is 1.91 bits per heavy atom. The third kappa shape index (κ3) is 5.46. The van der Waals surface area contributed by atoms with E-state index in [-0.39, 0.29) is 30.1 Å². The maximum absolute atomic E-state index is 12.5. The van der Waals surface area contributed by atoms with Crippen molar-refractivity contribution in [2.75, 3.05) is 12.3 Å². The summed E-state index contributed by atoms with van der Waals surface area (Å²) in [4.78, 5) is 57.2. The number of nitrogens with zero attached hydrogens (tertiary/aromatic N) is 1. The van der Waals surface area contributed by atoms with Gasteiger partial charge in [-0.3, -0.25) is 19.4 Å². The van der Waals surface area contributed by atoms with Crippen LogP contribution in [0.5, 0.6) is 0 Å². The van der Waals surface area contributed by atoms with E-state index in [0.29, 0.717) is 29.4 Å². The average molecular weight is 439 g/mol. The van der Waals surface area contributed by atoms with Crippen LogP contribution in [0.3, 0.4) is 0 Å². The molecule has 0 radical (unpaired) electrons. The number of hydrogen-bond donors (Lipinski definition) is 5. The molecule has 0 saturated carbocycles. The van der Waals surface area contributed by atoms with Gasteiger partial charge in [0.05, 0.1) is 11.4 Å². The summed E-state index contributed by atoms with van der Waals surface area (Å²) in [5.74, 6) is -1.05. The number of amides is 1. The fourth-order valence-corrected chi connectivity index (χ4v) is 3.43. The van der Waals surface area contributed by atoms with Crippen molar-refractivity contribution in [3.05, 3.63) is 57.5 Å². The first-order chi connectivity index (χ1) is 15.3. The number of fused-ring (bicyclic) bond motifs is 1. The van der Waals surface area contributed by atoms with Crippen LogP contribution in [0.1, 0.15) is 41.3 Å². The number of nitrogens with one attached hydrogen (secondary N) is 3. The normalized spacial score (nSPS) is 11.9. The standard InChI is InChI=1S/C22H25N5O5/c1-12(29)2-9-16(17(30)11-28)25-20(31)14-6-3-13(4-7-14)5-8-15-10-24-19-18(15)21(32)27-22(23)26-19/h3-4,6-7,10,16,28H,2,5,8-9,11H2,1H3,(H,25,31)(H4,23,24,26,27,32)/t16-/m0/s1. The lowest BCUT2D eigenvalue weighted by Crippen LogP contribution is -2.42. The van der Waals surface area contributed by atoms with Gasteiger partial charge in [-0.15, -0.1) is 0 Å². The Bertz CT molecular complexity index is 1200. The number of aromatic amines is 2. The SMILES string of the molecule is CC(=O)CC[C@H](NC(=O)c1ccc(CCc2c[nH]c3nc(N)[nH]c(=O)c23)cc1)C(=O)CO. The van der Waals surface area contributed by atoms with Gasteiger partial charge >= 0.3 is 0 Å². The number of hydrogen-bond acceptors (Lipinski definition) is 7. The van der Waals surface area contributed by atoms with Crippen molar-refractivity contribution < 1.29 is 19.5 Å². The highest BCUT2D eigenvalue weighted by Gasteiger charge is 2.21. The van der Waals surface area contributed by atoms with Crippen LogP contribution in [0, 0.1) is 0 Å². The highest BCUT2D eigenvalue weighted by Crippen LogP contribution is 2.16. The third-order valence-electron chi connectivity index (χ3n) is 5.18. The maximum atomic E-state index is 12.5. The number of nitrogen functional groups attached to an aromatic ring is 1. The summed E-state index contributed by atoms with van der Waals surface area (Å²) in [6.07, 6.45) is 3.21. The van der Waals surface area contributed by atoms with Gasteiger partial charge in [-0.2, -0.15) is 4.98 Å². The van der Waals surface area contributed by atoms with Gasteiger partial charge in [0.1, 0.15) is 18.0 Å². The van der Waals surface area contributed by atoms with Crippen LogP contribution in [0.2, 0.25) is 0 Å². The molecule has 0 aliphatic rings. The lowest BCUT2D eigenvalue weighted by atomic mass is 10.0. The molecule has 0 fully saturated rings. The summed E-state index contributed by atoms with van der Waals surface area (Å²) in [7, 11) is 0. The molecule has 2 aromatic heterocycles. The highest BCUT2D eigenvalue weighted by molar-refractivity contribution is 5.98. The fourth-order valence-electron chi connectivity index (χ4n) is 3.43. The number of nitrogens with two attached hydrogens (primary N) is 1. The van der Waals surface area contributed by atoms with Crippen LogP contribution < -0.4 is 16.6 Å². The van der Waals surface area contributed by atoms with E-state index in [4.69, 9.17) is 10.8 Å². The van der Waals surface area contributed by atoms with Crippen molar-refractivity contribution >= 4 is 34.5 Å². The van der Waals surface area contributed by atoms with Gasteiger partial charge in [-0.1, -0.05) is 12.1 Å². The first-order valence-electron chi connectivity index (χ1n) is 10.2. The molecule has 0 aliphatic heterocycles. The van der Waals surface area contributed by atoms with Gasteiger partial charge in [0.2, 0.25) is 5.95 Å². The fraction of sp³-hybridized carbons (Fsp3) is 0.318. The number of rotatable bonds is 10. The number of carbonyl (C=O) groups is 3. The van der Waals surface area contributed by atoms with Crippen LogP contribution in [-0.4, -0.2) is 50.2 Å². The first-order valence-corrected chi connectivity index (χ1v) is 10.2. The Morgan fingerprint density at radius 1 is 1.19 bits per heavy atom. The van der Waals surface area contributed by atoms with E-state index >= 15 is 0 Å². The van der Waals surface area contributed by atoms with Gasteiger partial charge in [0, 0.05) is 18.2 Å². The van der Waals surface area contributed by atoms with E-state index < -0.39 is 24.3 Å². The Hall–Kier alpha value is -3.79. The van der Waals surface area contributed by atoms with Crippen LogP contribution in [0.4, 0.5) is 5.95 Å². The second kappa shape index (κ2) is 10.0. The number of ketones is 2. The number of H-pyrrole nitrogens is 2. The molecule has 32 heavy (non-hydrogen) atoms. The topological polar surface area (TPSA) is 171 Å². The van der Waals surface area contributed by atoms with Gasteiger partial charge in [0.25, 0.3) is 11.5 Å². The number of carbonyl (C=O) groups excluding carboxylic acids is 3. The van der Waals surface area contributed by atoms with Crippen LogP contribution in [-0.2, 0) is 22.4 Å². The van der Waals surface area contributed by atoms with Crippen molar-refractivity contribution in [2.45, 2.75) is 38.6 Å². The molecule has 3 rings (SSSR count). The molecule has 10 heteroatoms. The Balaban J connectivity index is 1.64. The van der Waals surface area contributed by atoms with Crippen molar-refractivity contribution in [3.8, 4) is 0 Å². The summed E-state index contributed by atoms with van der Waals surface area (Å²) in [5.41, 5.74) is 7.82. The van der Waals surface area contributed by atoms with Gasteiger partial charge < -0.3 is 25.9 Å². The molecule has 3 aromatic rings. The predicted octanol–water partition coefficient (Wildman–Crippen LogP) is 0.648. The lowest BCUT2D eigenvalue weighted by Gasteiger charge is -2.16. The Labute approximate surface area is 183 Å². The van der Waals surface area contributed by atoms with E-state index in [2.05, 4.69) is 20.3 Å². The molecule has 1 aromatic carbocycles. The maximum Gasteiger partial charge on any atom is 0.262 e. The molecule has 0 bridgehead atoms. The minimum atomic E-state index is -0.918. The molecule has 0 spiro atoms. The monoisotopic (exact) mass is 439 g/mol. The number of aliphatic hydroxyl groups excluding tert-OH is 1. The molecule has 168 valence electrons. The largest absolute Gasteiger partial charge is 0.389 e. The van der Waals surface area contributed by atoms with Crippen LogP contribution in [0.25, 0.3) is 11.0 Å². The zero-order valence-corrected chi connectivity index (χ0v) is 17.6.